The molecule has 2 atom stereocenters. The van der Waals surface area contributed by atoms with E-state index in [2.05, 4.69) is 20.3 Å². The molecular weight excluding hydrogens is 490 g/mol. The van der Waals surface area contributed by atoms with Crippen molar-refractivity contribution in [1.82, 2.24) is 24.8 Å². The highest BCUT2D eigenvalue weighted by atomic mass is 19.3. The zero-order valence-electron chi connectivity index (χ0n) is 20.4. The monoisotopic (exact) mass is 521 g/mol. The number of nitrogens with zero attached hydrogens (tertiary/aromatic N) is 4. The fourth-order valence-corrected chi connectivity index (χ4v) is 5.06. The van der Waals surface area contributed by atoms with Crippen LogP contribution in [-0.2, 0) is 6.54 Å². The molecule has 1 saturated heterocycles. The van der Waals surface area contributed by atoms with Crippen molar-refractivity contribution in [3.05, 3.63) is 65.4 Å². The van der Waals surface area contributed by atoms with Gasteiger partial charge in [-0.05, 0) is 31.4 Å². The first-order valence-electron chi connectivity index (χ1n) is 12.5. The van der Waals surface area contributed by atoms with Crippen LogP contribution >= 0.6 is 0 Å². The van der Waals surface area contributed by atoms with Gasteiger partial charge in [-0.1, -0.05) is 37.5 Å². The van der Waals surface area contributed by atoms with E-state index in [1.807, 2.05) is 0 Å². The molecule has 1 saturated carbocycles. The number of amides is 1. The number of nitrogens with one attached hydrogen (secondary N) is 1. The number of alkyl halides is 3. The molecule has 7 nitrogen and oxygen atoms in total. The molecule has 3 aromatic rings. The Morgan fingerprint density at radius 1 is 1.16 bits per heavy atom. The Labute approximate surface area is 212 Å². The summed E-state index contributed by atoms with van der Waals surface area (Å²) >= 11 is 0. The van der Waals surface area contributed by atoms with Crippen molar-refractivity contribution >= 4 is 11.6 Å². The minimum Gasteiger partial charge on any atom is -0.395 e. The van der Waals surface area contributed by atoms with Gasteiger partial charge < -0.3 is 10.4 Å². The lowest BCUT2D eigenvalue weighted by Gasteiger charge is -2.34. The fraction of sp³-hybridized carbons (Fsp3) is 0.500. The number of halogens is 4. The first-order valence-corrected chi connectivity index (χ1v) is 12.5. The lowest BCUT2D eigenvalue weighted by Crippen LogP contribution is -2.42. The van der Waals surface area contributed by atoms with Gasteiger partial charge in [-0.2, -0.15) is 5.10 Å². The zero-order valence-corrected chi connectivity index (χ0v) is 20.4. The summed E-state index contributed by atoms with van der Waals surface area (Å²) in [5, 5.41) is 15.6. The molecule has 2 fully saturated rings. The van der Waals surface area contributed by atoms with Crippen LogP contribution in [-0.4, -0.2) is 61.9 Å². The molecule has 5 rings (SSSR count). The van der Waals surface area contributed by atoms with Crippen molar-refractivity contribution in [1.29, 1.82) is 0 Å². The van der Waals surface area contributed by atoms with E-state index in [1.165, 1.54) is 61.3 Å². The van der Waals surface area contributed by atoms with E-state index >= 15 is 0 Å². The zero-order chi connectivity index (χ0) is 26.4. The van der Waals surface area contributed by atoms with E-state index in [-0.39, 0.29) is 24.8 Å². The van der Waals surface area contributed by atoms with Crippen LogP contribution in [0.4, 0.5) is 17.6 Å². The quantitative estimate of drug-likeness (QED) is 0.468. The normalized spacial score (nSPS) is 20.7. The molecule has 2 unspecified atom stereocenters. The number of hydrogen-bond donors (Lipinski definition) is 2. The second-order valence-electron chi connectivity index (χ2n) is 9.44. The van der Waals surface area contributed by atoms with Crippen LogP contribution in [0.5, 0.6) is 0 Å². The number of pyridine rings is 1. The highest BCUT2D eigenvalue weighted by molar-refractivity contribution is 5.94. The summed E-state index contributed by atoms with van der Waals surface area (Å²) in [7, 11) is 0. The highest BCUT2D eigenvalue weighted by Gasteiger charge is 2.36. The van der Waals surface area contributed by atoms with Crippen LogP contribution in [0.15, 0.2) is 42.9 Å². The molecule has 0 radical (unpaired) electrons. The molecule has 1 aromatic carbocycles. The topological polar surface area (TPSA) is 82.8 Å². The third-order valence-corrected chi connectivity index (χ3v) is 6.98. The summed E-state index contributed by atoms with van der Waals surface area (Å²) in [6.07, 6.45) is 6.01. The Morgan fingerprint density at radius 2 is 1.95 bits per heavy atom. The van der Waals surface area contributed by atoms with Crippen molar-refractivity contribution in [2.75, 3.05) is 13.2 Å². The molecule has 2 N–H and O–H groups in total. The summed E-state index contributed by atoms with van der Waals surface area (Å²) in [4.78, 5) is 18.2. The molecule has 11 heteroatoms. The largest absolute Gasteiger partial charge is 0.395 e. The second-order valence-corrected chi connectivity index (χ2v) is 9.44. The van der Waals surface area contributed by atoms with Gasteiger partial charge in [0.1, 0.15) is 18.3 Å². The first kappa shape index (κ1) is 27.0. The molecule has 2 aromatic heterocycles. The molecule has 1 aliphatic heterocycles. The van der Waals surface area contributed by atoms with Gasteiger partial charge in [0, 0.05) is 36.9 Å². The fourth-order valence-electron chi connectivity index (χ4n) is 5.06. The number of benzene rings is 1. The van der Waals surface area contributed by atoms with Crippen molar-refractivity contribution in [3.8, 4) is 0 Å². The number of carbonyl (C=O) groups is 1. The predicted molar refractivity (Wildman–Crippen MR) is 129 cm³/mol. The summed E-state index contributed by atoms with van der Waals surface area (Å²) in [5.74, 6) is -1.47. The number of hydrogen-bond acceptors (Lipinski definition) is 5. The van der Waals surface area contributed by atoms with Crippen molar-refractivity contribution < 1.29 is 27.5 Å². The molecule has 0 spiro atoms. The minimum absolute atomic E-state index is 0.00187. The molecule has 0 bridgehead atoms. The van der Waals surface area contributed by atoms with Crippen LogP contribution in [0, 0.1) is 5.82 Å². The lowest BCUT2D eigenvalue weighted by atomic mass is 9.94. The van der Waals surface area contributed by atoms with Crippen molar-refractivity contribution in [2.24, 2.45) is 0 Å². The Hall–Kier alpha value is -3.05. The van der Waals surface area contributed by atoms with Gasteiger partial charge in [-0.25, -0.2) is 27.1 Å². The van der Waals surface area contributed by atoms with Gasteiger partial charge in [0.05, 0.1) is 17.7 Å². The molecule has 1 amide bonds. The van der Waals surface area contributed by atoms with E-state index < -0.39 is 29.9 Å². The van der Waals surface area contributed by atoms with Crippen LogP contribution < -0.4 is 5.32 Å². The van der Waals surface area contributed by atoms with Gasteiger partial charge in [0.2, 0.25) is 0 Å². The third kappa shape index (κ3) is 6.64. The van der Waals surface area contributed by atoms with Crippen LogP contribution in [0.3, 0.4) is 0 Å². The van der Waals surface area contributed by atoms with Crippen molar-refractivity contribution in [2.45, 2.75) is 69.8 Å². The van der Waals surface area contributed by atoms with E-state index in [9.17, 15) is 27.5 Å². The molecule has 3 heterocycles. The third-order valence-electron chi connectivity index (χ3n) is 6.98. The summed E-state index contributed by atoms with van der Waals surface area (Å²) < 4.78 is 53.8. The van der Waals surface area contributed by atoms with Crippen molar-refractivity contribution in [3.63, 3.8) is 0 Å². The average molecular weight is 522 g/mol. The number of aliphatic hydroxyl groups is 1. The maximum atomic E-state index is 13.9. The number of carbonyl (C=O) groups excluding carboxylic acids is 1. The van der Waals surface area contributed by atoms with Gasteiger partial charge >= 0.3 is 0 Å². The van der Waals surface area contributed by atoms with Gasteiger partial charge in [0.15, 0.2) is 5.65 Å². The molecular formula is C26H31F4N5O2. The summed E-state index contributed by atoms with van der Waals surface area (Å²) in [5.41, 5.74) is 0.199. The Bertz CT molecular complexity index is 1180. The number of rotatable bonds is 6. The van der Waals surface area contributed by atoms with Crippen LogP contribution in [0.1, 0.15) is 66.4 Å². The maximum Gasteiger partial charge on any atom is 0.266 e. The Kier molecular flexibility index (Phi) is 9.09. The number of likely N-dealkylation sites (tertiary alicyclic amines) is 1. The number of aromatic nitrogens is 3. The number of aliphatic hydroxyl groups excluding tert-OH is 1. The first-order chi connectivity index (χ1) is 17.9. The van der Waals surface area contributed by atoms with E-state index in [0.717, 1.165) is 6.07 Å². The predicted octanol–water partition coefficient (Wildman–Crippen LogP) is 4.46. The molecule has 200 valence electrons. The molecule has 1 aliphatic carbocycles. The second kappa shape index (κ2) is 12.5. The maximum absolute atomic E-state index is 13.9. The molecule has 37 heavy (non-hydrogen) atoms. The Morgan fingerprint density at radius 3 is 2.68 bits per heavy atom. The van der Waals surface area contributed by atoms with E-state index in [4.69, 9.17) is 0 Å². The SMILES string of the molecule is O=C(NCc1cccc(C(F)F)c1F)c1ccc2ncnn2c1.OCC1CC(F)CN1C1CCCCC1. The average Bonchev–Trinajstić information content (AvgIpc) is 3.54. The van der Waals surface area contributed by atoms with Crippen LogP contribution in [0.25, 0.3) is 5.65 Å². The summed E-state index contributed by atoms with van der Waals surface area (Å²) in [6.45, 7) is 0.480. The van der Waals surface area contributed by atoms with Gasteiger partial charge in [-0.15, -0.1) is 0 Å². The van der Waals surface area contributed by atoms with Crippen LogP contribution in [0.2, 0.25) is 0 Å². The smallest absolute Gasteiger partial charge is 0.266 e. The van der Waals surface area contributed by atoms with E-state index in [1.54, 1.807) is 12.1 Å². The molecule has 2 aliphatic rings. The lowest BCUT2D eigenvalue weighted by molar-refractivity contribution is 0.0950. The standard InChI is InChI=1S/C15H11F3N4O.C11H20FNO/c16-13-9(2-1-3-11(13)14(17)18)6-19-15(23)10-4-5-12-20-8-21-22(12)7-10;12-9-6-11(8-14)13(7-9)10-4-2-1-3-5-10/h1-5,7-8,14H,6H2,(H,19,23);9-11,14H,1-8H2. The van der Waals surface area contributed by atoms with Gasteiger partial charge in [0.25, 0.3) is 12.3 Å². The summed E-state index contributed by atoms with van der Waals surface area (Å²) in [6, 6.07) is 7.49. The highest BCUT2D eigenvalue weighted by Crippen LogP contribution is 2.30. The Balaban J connectivity index is 0.000000195. The minimum atomic E-state index is -2.90. The van der Waals surface area contributed by atoms with E-state index in [0.29, 0.717) is 30.2 Å². The number of fused-ring (bicyclic) bond motifs is 1. The van der Waals surface area contributed by atoms with Gasteiger partial charge in [-0.3, -0.25) is 9.69 Å².